The minimum Gasteiger partial charge on any atom is -0.504 e. The molecule has 0 saturated carbocycles. The molecule has 0 aliphatic carbocycles. The quantitative estimate of drug-likeness (QED) is 0.105. The summed E-state index contributed by atoms with van der Waals surface area (Å²) in [6.07, 6.45) is 3.26. The van der Waals surface area contributed by atoms with E-state index in [1.165, 1.54) is 38.5 Å². The fourth-order valence-electron chi connectivity index (χ4n) is 6.07. The van der Waals surface area contributed by atoms with E-state index in [2.05, 4.69) is 10.2 Å². The van der Waals surface area contributed by atoms with Gasteiger partial charge in [-0.1, -0.05) is 18.2 Å². The minimum atomic E-state index is -0.462. The second-order valence-corrected chi connectivity index (χ2v) is 11.5. The van der Waals surface area contributed by atoms with Crippen molar-refractivity contribution < 1.29 is 29.5 Å². The molecule has 52 heavy (non-hydrogen) atoms. The van der Waals surface area contributed by atoms with E-state index in [9.17, 15) is 30.4 Å². The van der Waals surface area contributed by atoms with Crippen molar-refractivity contribution in [3.63, 3.8) is 0 Å². The molecule has 0 fully saturated rings. The smallest absolute Gasteiger partial charge is 0.277 e. The number of phenols is 2. The molecular weight excluding hydrogens is 668 g/mol. The van der Waals surface area contributed by atoms with Crippen LogP contribution in [0.25, 0.3) is 56.1 Å². The lowest BCUT2D eigenvalue weighted by Crippen LogP contribution is -2.03. The van der Waals surface area contributed by atoms with Crippen molar-refractivity contribution in [2.24, 2.45) is 0 Å². The van der Waals surface area contributed by atoms with Crippen LogP contribution in [0.15, 0.2) is 122 Å². The van der Waals surface area contributed by atoms with Gasteiger partial charge in [0.2, 0.25) is 0 Å². The molecule has 0 aliphatic rings. The summed E-state index contributed by atoms with van der Waals surface area (Å²) in [4.78, 5) is 23.1. The zero-order valence-corrected chi connectivity index (χ0v) is 27.6. The first-order chi connectivity index (χ1) is 25.2. The number of hydrogen-bond donors (Lipinski definition) is 2. The average molecular weight is 697 g/mol. The summed E-state index contributed by atoms with van der Waals surface area (Å²) < 4.78 is 13.9. The number of nitro benzene ring substituents is 2. The van der Waals surface area contributed by atoms with Gasteiger partial charge in [-0.3, -0.25) is 20.2 Å². The van der Waals surface area contributed by atoms with Crippen LogP contribution in [-0.4, -0.2) is 53.8 Å². The first-order valence-electron chi connectivity index (χ1n) is 15.7. The van der Waals surface area contributed by atoms with Crippen LogP contribution >= 0.6 is 0 Å². The number of ether oxygens (including phenoxy) is 2. The first-order valence-corrected chi connectivity index (χ1v) is 15.7. The Balaban J connectivity index is 1.28. The second kappa shape index (κ2) is 13.4. The van der Waals surface area contributed by atoms with Gasteiger partial charge in [0.25, 0.3) is 11.4 Å². The predicted molar refractivity (Wildman–Crippen MR) is 192 cm³/mol. The molecule has 258 valence electrons. The molecular formula is C38H28N6O8. The zero-order chi connectivity index (χ0) is 36.5. The number of aromatic nitrogens is 4. The van der Waals surface area contributed by atoms with Crippen molar-refractivity contribution in [2.75, 3.05) is 14.2 Å². The van der Waals surface area contributed by atoms with E-state index in [1.807, 2.05) is 24.3 Å². The fraction of sp³-hybridized carbons (Fsp3) is 0.0526. The molecule has 2 aromatic heterocycles. The summed E-state index contributed by atoms with van der Waals surface area (Å²) in [6, 6.07) is 29.7. The third-order valence-electron chi connectivity index (χ3n) is 8.56. The maximum atomic E-state index is 12.0. The highest BCUT2D eigenvalue weighted by molar-refractivity contribution is 5.82. The van der Waals surface area contributed by atoms with Gasteiger partial charge < -0.3 is 19.7 Å². The second-order valence-electron chi connectivity index (χ2n) is 11.5. The Morgan fingerprint density at radius 3 is 1.38 bits per heavy atom. The summed E-state index contributed by atoms with van der Waals surface area (Å²) in [5.41, 5.74) is 5.37. The van der Waals surface area contributed by atoms with Crippen LogP contribution in [-0.2, 0) is 0 Å². The van der Waals surface area contributed by atoms with E-state index in [-0.39, 0.29) is 34.4 Å². The number of rotatable bonds is 10. The largest absolute Gasteiger partial charge is 0.504 e. The Labute approximate surface area is 295 Å². The normalized spacial score (nSPS) is 11.0. The fourth-order valence-corrected chi connectivity index (χ4v) is 6.07. The standard InChI is InChI=1S/C38H28N6O8/c1-51-37-20-23(8-12-35(37)45)29-18-25(6-10-33(29)43(47)48)31-14-16-39-41(31)27-4-3-5-28(22-27)42-32(15-17-40-42)26-7-11-34(44(49)50)30(19-26)24-9-13-36(46)38(21-24)52-2/h3-22,45-46H,1-2H3. The highest BCUT2D eigenvalue weighted by Crippen LogP contribution is 2.40. The summed E-state index contributed by atoms with van der Waals surface area (Å²) in [6.45, 7) is 0. The van der Waals surface area contributed by atoms with Crippen LogP contribution < -0.4 is 9.47 Å². The number of aromatic hydroxyl groups is 2. The van der Waals surface area contributed by atoms with Gasteiger partial charge in [0.05, 0.1) is 70.3 Å². The molecule has 0 saturated heterocycles. The molecule has 0 atom stereocenters. The van der Waals surface area contributed by atoms with Gasteiger partial charge in [0, 0.05) is 23.3 Å². The van der Waals surface area contributed by atoms with Crippen molar-refractivity contribution in [1.82, 2.24) is 19.6 Å². The Morgan fingerprint density at radius 2 is 0.981 bits per heavy atom. The predicted octanol–water partition coefficient (Wildman–Crippen LogP) is 7.97. The third kappa shape index (κ3) is 6.00. The Bertz CT molecular complexity index is 2340. The first kappa shape index (κ1) is 33.0. The summed E-state index contributed by atoms with van der Waals surface area (Å²) in [5.74, 6) is 0.191. The molecule has 7 rings (SSSR count). The number of methoxy groups -OCH3 is 2. The lowest BCUT2D eigenvalue weighted by molar-refractivity contribution is -0.384. The minimum absolute atomic E-state index is 0.0876. The molecule has 0 bridgehead atoms. The van der Waals surface area contributed by atoms with Crippen LogP contribution in [0, 0.1) is 20.2 Å². The topological polar surface area (TPSA) is 181 Å². The van der Waals surface area contributed by atoms with Crippen LogP contribution in [0.1, 0.15) is 0 Å². The van der Waals surface area contributed by atoms with Gasteiger partial charge in [-0.15, -0.1) is 0 Å². The van der Waals surface area contributed by atoms with Crippen LogP contribution in [0.3, 0.4) is 0 Å². The molecule has 14 nitrogen and oxygen atoms in total. The number of hydrogen-bond acceptors (Lipinski definition) is 10. The van der Waals surface area contributed by atoms with Crippen molar-refractivity contribution >= 4 is 11.4 Å². The van der Waals surface area contributed by atoms with Crippen molar-refractivity contribution in [1.29, 1.82) is 0 Å². The number of nitro groups is 2. The lowest BCUT2D eigenvalue weighted by Gasteiger charge is -2.14. The van der Waals surface area contributed by atoms with Crippen molar-refractivity contribution in [3.05, 3.63) is 142 Å². The highest BCUT2D eigenvalue weighted by Gasteiger charge is 2.22. The number of benzene rings is 5. The van der Waals surface area contributed by atoms with Gasteiger partial charge in [0.15, 0.2) is 23.0 Å². The van der Waals surface area contributed by atoms with Gasteiger partial charge in [-0.2, -0.15) is 10.2 Å². The van der Waals surface area contributed by atoms with Crippen LogP contribution in [0.4, 0.5) is 11.4 Å². The molecule has 0 unspecified atom stereocenters. The summed E-state index contributed by atoms with van der Waals surface area (Å²) in [7, 11) is 2.81. The average Bonchev–Trinajstić information content (AvgIpc) is 3.86. The summed E-state index contributed by atoms with van der Waals surface area (Å²) >= 11 is 0. The van der Waals surface area contributed by atoms with Gasteiger partial charge in [-0.05, 0) is 90.0 Å². The third-order valence-corrected chi connectivity index (χ3v) is 8.56. The Kier molecular flexibility index (Phi) is 8.54. The number of phenolic OH excluding ortho intramolecular Hbond substituents is 2. The molecule has 0 aliphatic heterocycles. The number of nitrogens with zero attached hydrogens (tertiary/aromatic N) is 6. The van der Waals surface area contributed by atoms with Crippen molar-refractivity contribution in [2.45, 2.75) is 0 Å². The van der Waals surface area contributed by atoms with E-state index < -0.39 is 9.85 Å². The van der Waals surface area contributed by atoms with Crippen molar-refractivity contribution in [3.8, 4) is 79.1 Å². The van der Waals surface area contributed by atoms with Gasteiger partial charge >= 0.3 is 0 Å². The molecule has 14 heteroatoms. The Morgan fingerprint density at radius 1 is 0.558 bits per heavy atom. The molecule has 0 radical (unpaired) electrons. The van der Waals surface area contributed by atoms with E-state index in [4.69, 9.17) is 9.47 Å². The van der Waals surface area contributed by atoms with E-state index >= 15 is 0 Å². The van der Waals surface area contributed by atoms with E-state index in [0.717, 1.165) is 0 Å². The van der Waals surface area contributed by atoms with Crippen LogP contribution in [0.2, 0.25) is 0 Å². The Hall–Kier alpha value is -7.48. The zero-order valence-electron chi connectivity index (χ0n) is 27.6. The molecule has 2 N–H and O–H groups in total. The maximum absolute atomic E-state index is 12.0. The molecule has 2 heterocycles. The molecule has 0 spiro atoms. The maximum Gasteiger partial charge on any atom is 0.277 e. The highest BCUT2D eigenvalue weighted by atomic mass is 16.6. The molecule has 0 amide bonds. The lowest BCUT2D eigenvalue weighted by atomic mass is 9.99. The summed E-state index contributed by atoms with van der Waals surface area (Å²) in [5, 5.41) is 53.4. The monoisotopic (exact) mass is 696 g/mol. The molecule has 7 aromatic rings. The SMILES string of the molecule is COc1cc(-c2cc(-c3ccnn3-c3cccc(-n4nccc4-c4ccc([N+](=O)[O-])c(-c5ccc(O)c(OC)c5)c4)c3)ccc2[N+](=O)[O-])ccc1O. The molecule has 5 aromatic carbocycles. The van der Waals surface area contributed by atoms with Gasteiger partial charge in [0.1, 0.15) is 0 Å². The van der Waals surface area contributed by atoms with E-state index in [0.29, 0.717) is 56.1 Å². The van der Waals surface area contributed by atoms with Gasteiger partial charge in [-0.25, -0.2) is 9.36 Å². The van der Waals surface area contributed by atoms with Crippen LogP contribution in [0.5, 0.6) is 23.0 Å². The van der Waals surface area contributed by atoms with E-state index in [1.54, 1.807) is 82.4 Å².